The van der Waals surface area contributed by atoms with Gasteiger partial charge in [0.25, 0.3) is 0 Å². The van der Waals surface area contributed by atoms with Crippen LogP contribution in [0.15, 0.2) is 6.20 Å². The molecule has 0 aliphatic heterocycles. The van der Waals surface area contributed by atoms with Crippen LogP contribution in [0.5, 0.6) is 0 Å². The van der Waals surface area contributed by atoms with E-state index in [1.165, 1.54) is 0 Å². The maximum absolute atomic E-state index is 10.8. The molecular formula is C10H13ClN4O2. The van der Waals surface area contributed by atoms with E-state index < -0.39 is 4.92 Å². The molecule has 1 aromatic heterocycles. The molecule has 6 nitrogen and oxygen atoms in total. The van der Waals surface area contributed by atoms with Crippen LogP contribution < -0.4 is 5.32 Å². The molecule has 1 aliphatic carbocycles. The van der Waals surface area contributed by atoms with Crippen LogP contribution in [0.4, 0.5) is 11.5 Å². The van der Waals surface area contributed by atoms with Gasteiger partial charge in [0.2, 0.25) is 11.1 Å². The van der Waals surface area contributed by atoms with Gasteiger partial charge in [-0.05, 0) is 30.4 Å². The number of nitrogens with one attached hydrogen (secondary N) is 1. The van der Waals surface area contributed by atoms with Crippen LogP contribution >= 0.6 is 11.6 Å². The number of hydrogen-bond acceptors (Lipinski definition) is 5. The summed E-state index contributed by atoms with van der Waals surface area (Å²) in [5.41, 5.74) is -0.131. The van der Waals surface area contributed by atoms with Gasteiger partial charge in [-0.25, -0.2) is 4.98 Å². The first-order chi connectivity index (χ1) is 8.08. The Bertz CT molecular complexity index is 440. The fourth-order valence-corrected chi connectivity index (χ4v) is 2.26. The number of hydrogen-bond donors (Lipinski definition) is 1. The molecule has 0 unspecified atom stereocenters. The third kappa shape index (κ3) is 2.63. The maximum Gasteiger partial charge on any atom is 0.329 e. The molecule has 2 rings (SSSR count). The molecule has 1 heterocycles. The summed E-state index contributed by atoms with van der Waals surface area (Å²) in [6.07, 6.45) is 4.40. The first-order valence-electron chi connectivity index (χ1n) is 5.51. The summed E-state index contributed by atoms with van der Waals surface area (Å²) in [7, 11) is 0. The number of nitrogens with zero attached hydrogens (tertiary/aromatic N) is 3. The molecular weight excluding hydrogens is 244 g/mol. The molecule has 7 heteroatoms. The molecule has 0 aromatic carbocycles. The topological polar surface area (TPSA) is 81.0 Å². The average Bonchev–Trinajstić information content (AvgIpc) is 2.64. The minimum atomic E-state index is -0.502. The highest BCUT2D eigenvalue weighted by Crippen LogP contribution is 2.30. The molecule has 0 amide bonds. The Morgan fingerprint density at radius 3 is 2.94 bits per heavy atom. The van der Waals surface area contributed by atoms with Crippen LogP contribution in [-0.4, -0.2) is 20.9 Å². The normalized spacial score (nSPS) is 23.6. The van der Waals surface area contributed by atoms with E-state index in [2.05, 4.69) is 22.2 Å². The van der Waals surface area contributed by atoms with Crippen molar-refractivity contribution in [2.45, 2.75) is 32.2 Å². The van der Waals surface area contributed by atoms with E-state index in [4.69, 9.17) is 11.6 Å². The minimum absolute atomic E-state index is 0.0174. The predicted octanol–water partition coefficient (Wildman–Crippen LogP) is 2.64. The van der Waals surface area contributed by atoms with Gasteiger partial charge in [-0.2, -0.15) is 4.98 Å². The molecule has 2 atom stereocenters. The summed E-state index contributed by atoms with van der Waals surface area (Å²) in [6.45, 7) is 2.12. The summed E-state index contributed by atoms with van der Waals surface area (Å²) >= 11 is 5.66. The summed E-state index contributed by atoms with van der Waals surface area (Å²) in [6, 6.07) is 0.222. The van der Waals surface area contributed by atoms with Crippen molar-refractivity contribution in [2.24, 2.45) is 5.92 Å². The van der Waals surface area contributed by atoms with Crippen molar-refractivity contribution in [3.63, 3.8) is 0 Å². The van der Waals surface area contributed by atoms with Gasteiger partial charge in [-0.15, -0.1) is 0 Å². The summed E-state index contributed by atoms with van der Waals surface area (Å²) in [4.78, 5) is 17.9. The maximum atomic E-state index is 10.8. The lowest BCUT2D eigenvalue weighted by Crippen LogP contribution is -2.23. The van der Waals surface area contributed by atoms with Gasteiger partial charge in [0, 0.05) is 6.04 Å². The van der Waals surface area contributed by atoms with E-state index in [1.807, 2.05) is 0 Å². The van der Waals surface area contributed by atoms with Gasteiger partial charge in [0.05, 0.1) is 4.92 Å². The highest BCUT2D eigenvalue weighted by Gasteiger charge is 2.26. The van der Waals surface area contributed by atoms with Gasteiger partial charge in [0.15, 0.2) is 0 Å². The molecule has 1 fully saturated rings. The average molecular weight is 257 g/mol. The second kappa shape index (κ2) is 4.83. The first kappa shape index (κ1) is 12.0. The molecule has 17 heavy (non-hydrogen) atoms. The lowest BCUT2D eigenvalue weighted by atomic mass is 10.1. The van der Waals surface area contributed by atoms with Gasteiger partial charge >= 0.3 is 5.69 Å². The van der Waals surface area contributed by atoms with Crippen LogP contribution in [0.3, 0.4) is 0 Å². The lowest BCUT2D eigenvalue weighted by Gasteiger charge is -2.17. The molecule has 0 spiro atoms. The number of halogens is 1. The molecule has 0 bridgehead atoms. The highest BCUT2D eigenvalue weighted by molar-refractivity contribution is 6.28. The summed E-state index contributed by atoms with van der Waals surface area (Å²) in [5, 5.41) is 14.0. The van der Waals surface area contributed by atoms with E-state index in [0.717, 1.165) is 25.5 Å². The zero-order chi connectivity index (χ0) is 12.4. The van der Waals surface area contributed by atoms with E-state index in [1.54, 1.807) is 0 Å². The fraction of sp³-hybridized carbons (Fsp3) is 0.600. The number of rotatable bonds is 3. The van der Waals surface area contributed by atoms with E-state index in [0.29, 0.717) is 5.92 Å². The van der Waals surface area contributed by atoms with Gasteiger partial charge in [0.1, 0.15) is 6.20 Å². The summed E-state index contributed by atoms with van der Waals surface area (Å²) < 4.78 is 0. The number of aromatic nitrogens is 2. The standard InChI is InChI=1S/C10H13ClN4O2/c1-6-3-2-4-7(6)13-9-8(15(16)17)5-12-10(11)14-9/h5-7H,2-4H2,1H3,(H,12,13,14)/t6-,7-/m1/s1. The Hall–Kier alpha value is -1.43. The highest BCUT2D eigenvalue weighted by atomic mass is 35.5. The van der Waals surface area contributed by atoms with Crippen LogP contribution in [0.25, 0.3) is 0 Å². The van der Waals surface area contributed by atoms with E-state index in [9.17, 15) is 10.1 Å². The third-order valence-corrected chi connectivity index (χ3v) is 3.30. The Balaban J connectivity index is 2.24. The van der Waals surface area contributed by atoms with Crippen LogP contribution in [0.2, 0.25) is 5.28 Å². The molecule has 1 N–H and O–H groups in total. The first-order valence-corrected chi connectivity index (χ1v) is 5.89. The smallest absolute Gasteiger partial charge is 0.329 e. The molecule has 92 valence electrons. The van der Waals surface area contributed by atoms with Crippen LogP contribution in [0.1, 0.15) is 26.2 Å². The van der Waals surface area contributed by atoms with Crippen molar-refractivity contribution in [1.29, 1.82) is 0 Å². The van der Waals surface area contributed by atoms with E-state index >= 15 is 0 Å². The second-order valence-corrected chi connectivity index (χ2v) is 4.63. The predicted molar refractivity (Wildman–Crippen MR) is 64.1 cm³/mol. The van der Waals surface area contributed by atoms with Crippen molar-refractivity contribution >= 4 is 23.1 Å². The molecule has 1 aliphatic rings. The largest absolute Gasteiger partial charge is 0.361 e. The monoisotopic (exact) mass is 256 g/mol. The molecule has 1 saturated carbocycles. The van der Waals surface area contributed by atoms with Crippen LogP contribution in [-0.2, 0) is 0 Å². The Morgan fingerprint density at radius 1 is 1.59 bits per heavy atom. The molecule has 1 aromatic rings. The third-order valence-electron chi connectivity index (χ3n) is 3.12. The van der Waals surface area contributed by atoms with Gasteiger partial charge in [-0.3, -0.25) is 10.1 Å². The zero-order valence-corrected chi connectivity index (χ0v) is 10.1. The van der Waals surface area contributed by atoms with Crippen molar-refractivity contribution in [2.75, 3.05) is 5.32 Å². The summed E-state index contributed by atoms with van der Waals surface area (Å²) in [5.74, 6) is 0.706. The van der Waals surface area contributed by atoms with Crippen molar-refractivity contribution in [1.82, 2.24) is 9.97 Å². The SMILES string of the molecule is C[C@@H]1CCC[C@H]1Nc1nc(Cl)ncc1[N+](=O)[O-]. The molecule has 0 radical (unpaired) electrons. The minimum Gasteiger partial charge on any atom is -0.361 e. The Kier molecular flexibility index (Phi) is 3.42. The van der Waals surface area contributed by atoms with Crippen molar-refractivity contribution in [3.8, 4) is 0 Å². The van der Waals surface area contributed by atoms with Crippen LogP contribution in [0, 0.1) is 16.0 Å². The van der Waals surface area contributed by atoms with Gasteiger partial charge in [-0.1, -0.05) is 13.3 Å². The van der Waals surface area contributed by atoms with E-state index in [-0.39, 0.29) is 22.8 Å². The molecule has 0 saturated heterocycles. The fourth-order valence-electron chi connectivity index (χ4n) is 2.13. The quantitative estimate of drug-likeness (QED) is 0.511. The Morgan fingerprint density at radius 2 is 2.35 bits per heavy atom. The van der Waals surface area contributed by atoms with Gasteiger partial charge < -0.3 is 5.32 Å². The second-order valence-electron chi connectivity index (χ2n) is 4.29. The zero-order valence-electron chi connectivity index (χ0n) is 9.39. The lowest BCUT2D eigenvalue weighted by molar-refractivity contribution is -0.384. The van der Waals surface area contributed by atoms with Crippen molar-refractivity contribution < 1.29 is 4.92 Å². The Labute approximate surface area is 104 Å². The van der Waals surface area contributed by atoms with Crippen molar-refractivity contribution in [3.05, 3.63) is 21.6 Å². The number of nitro groups is 1. The number of anilines is 1.